The van der Waals surface area contributed by atoms with Crippen LogP contribution in [0.4, 0.5) is 0 Å². The molecule has 2 heterocycles. The molecule has 0 saturated carbocycles. The molecular formula is C16H15ClN2O3S3. The number of ether oxygens (including phenoxy) is 1. The third-order valence-electron chi connectivity index (χ3n) is 3.28. The van der Waals surface area contributed by atoms with Crippen LogP contribution in [0.15, 0.2) is 51.6 Å². The molecule has 9 heteroatoms. The van der Waals surface area contributed by atoms with Crippen LogP contribution in [-0.4, -0.2) is 19.6 Å². The van der Waals surface area contributed by atoms with Gasteiger partial charge in [0.25, 0.3) is 10.0 Å². The Kier molecular flexibility index (Phi) is 5.33. The lowest BCUT2D eigenvalue weighted by atomic mass is 10.3. The van der Waals surface area contributed by atoms with E-state index in [1.807, 2.05) is 29.7 Å². The van der Waals surface area contributed by atoms with Crippen LogP contribution < -0.4 is 9.54 Å². The Morgan fingerprint density at radius 2 is 2.12 bits per heavy atom. The van der Waals surface area contributed by atoms with Gasteiger partial charge in [0.05, 0.1) is 21.2 Å². The van der Waals surface area contributed by atoms with Gasteiger partial charge in [-0.2, -0.15) is 8.42 Å². The standard InChI is InChI=1S/C16H15ClN2O3S3/c1-3-9-19-12-6-5-11(22-4-2)10-13(12)23-16(19)18-25(20,21)15-8-7-14(17)24-15/h3,5-8,10H,1,4,9H2,2H3/b18-16-. The number of thiazole rings is 1. The SMILES string of the molecule is C=CCn1/c(=N/S(=O)(=O)c2ccc(Cl)s2)sc2cc(OCC)ccc21. The molecule has 0 amide bonds. The Balaban J connectivity index is 2.20. The van der Waals surface area contributed by atoms with Crippen molar-refractivity contribution in [3.8, 4) is 5.75 Å². The minimum Gasteiger partial charge on any atom is -0.494 e. The molecule has 5 nitrogen and oxygen atoms in total. The highest BCUT2D eigenvalue weighted by molar-refractivity contribution is 7.92. The van der Waals surface area contributed by atoms with E-state index in [0.29, 0.717) is 22.3 Å². The van der Waals surface area contributed by atoms with Crippen molar-refractivity contribution in [1.82, 2.24) is 4.57 Å². The summed E-state index contributed by atoms with van der Waals surface area (Å²) in [5.41, 5.74) is 0.881. The highest BCUT2D eigenvalue weighted by Crippen LogP contribution is 2.28. The van der Waals surface area contributed by atoms with Gasteiger partial charge in [-0.25, -0.2) is 0 Å². The van der Waals surface area contributed by atoms with E-state index in [1.165, 1.54) is 17.4 Å². The van der Waals surface area contributed by atoms with E-state index >= 15 is 0 Å². The van der Waals surface area contributed by atoms with Crippen molar-refractivity contribution >= 4 is 54.5 Å². The van der Waals surface area contributed by atoms with Gasteiger partial charge >= 0.3 is 0 Å². The average molecular weight is 415 g/mol. The first-order chi connectivity index (χ1) is 11.9. The van der Waals surface area contributed by atoms with Crippen molar-refractivity contribution < 1.29 is 13.2 Å². The van der Waals surface area contributed by atoms with Gasteiger partial charge < -0.3 is 9.30 Å². The van der Waals surface area contributed by atoms with Crippen LogP contribution in [0.5, 0.6) is 5.75 Å². The number of hydrogen-bond donors (Lipinski definition) is 0. The normalized spacial score (nSPS) is 12.6. The smallest absolute Gasteiger partial charge is 0.294 e. The first kappa shape index (κ1) is 18.2. The molecule has 0 aliphatic heterocycles. The third kappa shape index (κ3) is 3.82. The first-order valence-corrected chi connectivity index (χ1v) is 10.8. The van der Waals surface area contributed by atoms with Crippen LogP contribution in [0.25, 0.3) is 10.2 Å². The topological polar surface area (TPSA) is 60.7 Å². The number of nitrogens with zero attached hydrogens (tertiary/aromatic N) is 2. The third-order valence-corrected chi connectivity index (χ3v) is 7.40. The quantitative estimate of drug-likeness (QED) is 0.565. The molecule has 0 bridgehead atoms. The average Bonchev–Trinajstić information content (AvgIpc) is 3.13. The molecule has 132 valence electrons. The fourth-order valence-corrected chi connectivity index (χ4v) is 6.00. The number of halogens is 1. The zero-order chi connectivity index (χ0) is 18.0. The summed E-state index contributed by atoms with van der Waals surface area (Å²) in [6, 6.07) is 8.65. The summed E-state index contributed by atoms with van der Waals surface area (Å²) in [7, 11) is -3.82. The van der Waals surface area contributed by atoms with Gasteiger partial charge in [-0.3, -0.25) is 0 Å². The largest absolute Gasteiger partial charge is 0.494 e. The van der Waals surface area contributed by atoms with E-state index in [9.17, 15) is 8.42 Å². The van der Waals surface area contributed by atoms with Gasteiger partial charge in [0.1, 0.15) is 9.96 Å². The van der Waals surface area contributed by atoms with Crippen LogP contribution in [-0.2, 0) is 16.6 Å². The van der Waals surface area contributed by atoms with Crippen LogP contribution in [0, 0.1) is 0 Å². The van der Waals surface area contributed by atoms with Crippen molar-refractivity contribution in [3.63, 3.8) is 0 Å². The Bertz CT molecular complexity index is 1090. The molecule has 0 fully saturated rings. The number of fused-ring (bicyclic) bond motifs is 1. The number of hydrogen-bond acceptors (Lipinski definition) is 5. The van der Waals surface area contributed by atoms with E-state index in [-0.39, 0.29) is 4.21 Å². The fourth-order valence-electron chi connectivity index (χ4n) is 2.27. The molecule has 0 atom stereocenters. The zero-order valence-corrected chi connectivity index (χ0v) is 16.5. The molecule has 3 aromatic rings. The maximum Gasteiger partial charge on any atom is 0.294 e. The van der Waals surface area contributed by atoms with Crippen molar-refractivity contribution in [3.05, 3.63) is 52.1 Å². The maximum absolute atomic E-state index is 12.5. The summed E-state index contributed by atoms with van der Waals surface area (Å²) in [4.78, 5) is 0.382. The minimum absolute atomic E-state index is 0.120. The van der Waals surface area contributed by atoms with Crippen molar-refractivity contribution in [2.75, 3.05) is 6.61 Å². The van der Waals surface area contributed by atoms with Crippen LogP contribution in [0.1, 0.15) is 6.92 Å². The van der Waals surface area contributed by atoms with Crippen LogP contribution in [0.3, 0.4) is 0 Å². The molecule has 25 heavy (non-hydrogen) atoms. The summed E-state index contributed by atoms with van der Waals surface area (Å²) in [6.07, 6.45) is 1.70. The Morgan fingerprint density at radius 3 is 2.76 bits per heavy atom. The van der Waals surface area contributed by atoms with E-state index in [1.54, 1.807) is 12.1 Å². The van der Waals surface area contributed by atoms with Gasteiger partial charge in [0, 0.05) is 6.54 Å². The second-order valence-electron chi connectivity index (χ2n) is 4.97. The van der Waals surface area contributed by atoms with Gasteiger partial charge in [0.2, 0.25) is 4.80 Å². The maximum atomic E-state index is 12.5. The van der Waals surface area contributed by atoms with Gasteiger partial charge in [-0.15, -0.1) is 22.3 Å². The second-order valence-corrected chi connectivity index (χ2v) is 9.53. The molecule has 0 aliphatic carbocycles. The lowest BCUT2D eigenvalue weighted by Gasteiger charge is -2.04. The predicted molar refractivity (Wildman–Crippen MR) is 103 cm³/mol. The molecule has 0 unspecified atom stereocenters. The van der Waals surface area contributed by atoms with Crippen LogP contribution in [0.2, 0.25) is 4.34 Å². The second kappa shape index (κ2) is 7.33. The summed E-state index contributed by atoms with van der Waals surface area (Å²) in [6.45, 7) is 6.67. The van der Waals surface area contributed by atoms with Crippen molar-refractivity contribution in [1.29, 1.82) is 0 Å². The first-order valence-electron chi connectivity index (χ1n) is 7.38. The number of allylic oxidation sites excluding steroid dienone is 1. The molecule has 0 N–H and O–H groups in total. The Hall–Kier alpha value is -1.61. The highest BCUT2D eigenvalue weighted by atomic mass is 35.5. The summed E-state index contributed by atoms with van der Waals surface area (Å²) >= 11 is 8.13. The molecule has 3 rings (SSSR count). The van der Waals surface area contributed by atoms with Crippen molar-refractivity contribution in [2.24, 2.45) is 4.40 Å². The summed E-state index contributed by atoms with van der Waals surface area (Å²) < 4.78 is 37.9. The molecule has 0 saturated heterocycles. The summed E-state index contributed by atoms with van der Waals surface area (Å²) in [5, 5.41) is 0. The molecular weight excluding hydrogens is 400 g/mol. The van der Waals surface area contributed by atoms with E-state index in [4.69, 9.17) is 16.3 Å². The highest BCUT2D eigenvalue weighted by Gasteiger charge is 2.17. The van der Waals surface area contributed by atoms with Gasteiger partial charge in [-0.1, -0.05) is 29.0 Å². The summed E-state index contributed by atoms with van der Waals surface area (Å²) in [5.74, 6) is 0.737. The van der Waals surface area contributed by atoms with E-state index in [0.717, 1.165) is 27.3 Å². The number of aromatic nitrogens is 1. The lowest BCUT2D eigenvalue weighted by Crippen LogP contribution is -2.16. The number of sulfonamides is 1. The molecule has 1 aromatic carbocycles. The molecule has 0 radical (unpaired) electrons. The van der Waals surface area contributed by atoms with E-state index < -0.39 is 10.0 Å². The number of thiophene rings is 1. The zero-order valence-electron chi connectivity index (χ0n) is 13.3. The number of benzene rings is 1. The molecule has 2 aromatic heterocycles. The Labute approximate surface area is 158 Å². The van der Waals surface area contributed by atoms with Crippen LogP contribution >= 0.6 is 34.3 Å². The number of rotatable bonds is 6. The van der Waals surface area contributed by atoms with Gasteiger partial charge in [-0.05, 0) is 37.3 Å². The Morgan fingerprint density at radius 1 is 1.32 bits per heavy atom. The van der Waals surface area contributed by atoms with Gasteiger partial charge in [0.15, 0.2) is 0 Å². The predicted octanol–water partition coefficient (Wildman–Crippen LogP) is 4.29. The fraction of sp³-hybridized carbons (Fsp3) is 0.188. The minimum atomic E-state index is -3.82. The lowest BCUT2D eigenvalue weighted by molar-refractivity contribution is 0.341. The van der Waals surface area contributed by atoms with Crippen molar-refractivity contribution in [2.45, 2.75) is 17.7 Å². The monoisotopic (exact) mass is 414 g/mol. The van der Waals surface area contributed by atoms with E-state index in [2.05, 4.69) is 11.0 Å². The molecule has 0 spiro atoms. The molecule has 0 aliphatic rings.